The summed E-state index contributed by atoms with van der Waals surface area (Å²) in [5, 5.41) is 5.00. The Labute approximate surface area is 121 Å². The summed E-state index contributed by atoms with van der Waals surface area (Å²) >= 11 is 0. The lowest BCUT2D eigenvalue weighted by atomic mass is 10.1. The minimum Gasteiger partial charge on any atom is -0.347 e. The number of fused-ring (bicyclic) bond motifs is 1. The van der Waals surface area contributed by atoms with Crippen LogP contribution in [0.4, 0.5) is 0 Å². The molecule has 2 nitrogen and oxygen atoms in total. The van der Waals surface area contributed by atoms with Crippen molar-refractivity contribution in [1.29, 1.82) is 0 Å². The van der Waals surface area contributed by atoms with Gasteiger partial charge < -0.3 is 9.88 Å². The van der Waals surface area contributed by atoms with Crippen molar-refractivity contribution in [2.45, 2.75) is 57.7 Å². The minimum absolute atomic E-state index is 0.790. The fourth-order valence-corrected chi connectivity index (χ4v) is 3.54. The van der Waals surface area contributed by atoms with Crippen molar-refractivity contribution in [3.63, 3.8) is 0 Å². The topological polar surface area (TPSA) is 17.0 Å². The normalized spacial score (nSPS) is 20.0. The first kappa shape index (κ1) is 12.5. The highest BCUT2D eigenvalue weighted by Crippen LogP contribution is 2.28. The molecule has 2 fully saturated rings. The zero-order valence-corrected chi connectivity index (χ0v) is 12.1. The van der Waals surface area contributed by atoms with E-state index in [-0.39, 0.29) is 0 Å². The SMILES string of the molecule is c1cc2c(ccn2CC2CCCC2)cc1CNC1CC1. The highest BCUT2D eigenvalue weighted by atomic mass is 15.0. The van der Waals surface area contributed by atoms with E-state index in [1.54, 1.807) is 0 Å². The van der Waals surface area contributed by atoms with E-state index in [0.29, 0.717) is 0 Å². The third-order valence-electron chi connectivity index (χ3n) is 4.94. The Morgan fingerprint density at radius 1 is 1.05 bits per heavy atom. The van der Waals surface area contributed by atoms with Crippen LogP contribution in [0.15, 0.2) is 30.5 Å². The quantitative estimate of drug-likeness (QED) is 0.864. The molecule has 1 N–H and O–H groups in total. The lowest BCUT2D eigenvalue weighted by molar-refractivity contribution is 0.466. The summed E-state index contributed by atoms with van der Waals surface area (Å²) in [5.41, 5.74) is 2.83. The molecule has 0 saturated heterocycles. The molecule has 2 aliphatic rings. The van der Waals surface area contributed by atoms with Gasteiger partial charge >= 0.3 is 0 Å². The Balaban J connectivity index is 1.50. The second-order valence-electron chi connectivity index (χ2n) is 6.67. The molecule has 0 radical (unpaired) electrons. The van der Waals surface area contributed by atoms with Gasteiger partial charge in [-0.1, -0.05) is 18.9 Å². The molecule has 0 spiro atoms. The van der Waals surface area contributed by atoms with E-state index in [9.17, 15) is 0 Å². The third-order valence-corrected chi connectivity index (χ3v) is 4.94. The van der Waals surface area contributed by atoms with Gasteiger partial charge in [0.1, 0.15) is 0 Å². The maximum absolute atomic E-state index is 3.60. The fourth-order valence-electron chi connectivity index (χ4n) is 3.54. The number of aromatic nitrogens is 1. The fraction of sp³-hybridized carbons (Fsp3) is 0.556. The number of hydrogen-bond donors (Lipinski definition) is 1. The predicted molar refractivity (Wildman–Crippen MR) is 83.8 cm³/mol. The molecule has 20 heavy (non-hydrogen) atoms. The van der Waals surface area contributed by atoms with Crippen molar-refractivity contribution in [2.75, 3.05) is 0 Å². The largest absolute Gasteiger partial charge is 0.347 e. The summed E-state index contributed by atoms with van der Waals surface area (Å²) in [6, 6.07) is 10.0. The summed E-state index contributed by atoms with van der Waals surface area (Å²) in [6.07, 6.45) is 10.7. The number of rotatable bonds is 5. The summed E-state index contributed by atoms with van der Waals surface area (Å²) < 4.78 is 2.46. The molecule has 0 amide bonds. The van der Waals surface area contributed by atoms with Gasteiger partial charge in [-0.25, -0.2) is 0 Å². The molecular weight excluding hydrogens is 244 g/mol. The summed E-state index contributed by atoms with van der Waals surface area (Å²) in [6.45, 7) is 2.23. The smallest absolute Gasteiger partial charge is 0.0480 e. The van der Waals surface area contributed by atoms with Gasteiger partial charge in [-0.3, -0.25) is 0 Å². The molecule has 2 aliphatic carbocycles. The highest BCUT2D eigenvalue weighted by molar-refractivity contribution is 5.80. The van der Waals surface area contributed by atoms with E-state index in [1.807, 2.05) is 0 Å². The van der Waals surface area contributed by atoms with E-state index in [4.69, 9.17) is 0 Å². The molecule has 1 aromatic heterocycles. The first-order chi connectivity index (χ1) is 9.88. The second kappa shape index (κ2) is 5.25. The molecule has 0 atom stereocenters. The van der Waals surface area contributed by atoms with Gasteiger partial charge in [-0.05, 0) is 60.7 Å². The average molecular weight is 268 g/mol. The number of hydrogen-bond acceptors (Lipinski definition) is 1. The average Bonchev–Trinajstić information content (AvgIpc) is 3.00. The van der Waals surface area contributed by atoms with Gasteiger partial charge in [0.2, 0.25) is 0 Å². The molecule has 2 heteroatoms. The van der Waals surface area contributed by atoms with Crippen LogP contribution in [-0.4, -0.2) is 10.6 Å². The van der Waals surface area contributed by atoms with Crippen LogP contribution in [-0.2, 0) is 13.1 Å². The first-order valence-corrected chi connectivity index (χ1v) is 8.20. The second-order valence-corrected chi connectivity index (χ2v) is 6.67. The van der Waals surface area contributed by atoms with Crippen molar-refractivity contribution in [3.05, 3.63) is 36.0 Å². The van der Waals surface area contributed by atoms with Crippen molar-refractivity contribution < 1.29 is 0 Å². The maximum atomic E-state index is 3.60. The maximum Gasteiger partial charge on any atom is 0.0480 e. The Kier molecular flexibility index (Phi) is 3.27. The first-order valence-electron chi connectivity index (χ1n) is 8.20. The van der Waals surface area contributed by atoms with Crippen LogP contribution in [0.25, 0.3) is 10.9 Å². The van der Waals surface area contributed by atoms with E-state index in [1.165, 1.54) is 61.5 Å². The summed E-state index contributed by atoms with van der Waals surface area (Å²) in [4.78, 5) is 0. The van der Waals surface area contributed by atoms with E-state index in [0.717, 1.165) is 18.5 Å². The Hall–Kier alpha value is -1.28. The standard InChI is InChI=1S/C18H24N2/c1-2-4-14(3-1)13-20-10-9-16-11-15(5-8-18(16)20)12-19-17-6-7-17/h5,8-11,14,17,19H,1-4,6-7,12-13H2. The Bertz CT molecular complexity index is 588. The molecule has 4 rings (SSSR count). The molecule has 1 aromatic carbocycles. The monoisotopic (exact) mass is 268 g/mol. The summed E-state index contributed by atoms with van der Waals surface area (Å²) in [5.74, 6) is 0.904. The number of benzene rings is 1. The van der Waals surface area contributed by atoms with E-state index in [2.05, 4.69) is 40.3 Å². The van der Waals surface area contributed by atoms with Crippen LogP contribution in [0.3, 0.4) is 0 Å². The predicted octanol–water partition coefficient (Wildman–Crippen LogP) is 4.08. The lowest BCUT2D eigenvalue weighted by Crippen LogP contribution is -2.15. The number of nitrogens with zero attached hydrogens (tertiary/aromatic N) is 1. The molecule has 0 bridgehead atoms. The molecule has 2 saturated carbocycles. The van der Waals surface area contributed by atoms with Crippen LogP contribution in [0.5, 0.6) is 0 Å². The third kappa shape index (κ3) is 2.62. The van der Waals surface area contributed by atoms with E-state index >= 15 is 0 Å². The van der Waals surface area contributed by atoms with Crippen LogP contribution in [0.2, 0.25) is 0 Å². The van der Waals surface area contributed by atoms with Crippen molar-refractivity contribution in [2.24, 2.45) is 5.92 Å². The van der Waals surface area contributed by atoms with Gasteiger partial charge in [0, 0.05) is 30.8 Å². The molecule has 0 aliphatic heterocycles. The van der Waals surface area contributed by atoms with Crippen LogP contribution >= 0.6 is 0 Å². The van der Waals surface area contributed by atoms with Crippen LogP contribution in [0, 0.1) is 5.92 Å². The van der Waals surface area contributed by atoms with Gasteiger partial charge in [-0.2, -0.15) is 0 Å². The van der Waals surface area contributed by atoms with Gasteiger partial charge in [0.25, 0.3) is 0 Å². The zero-order valence-electron chi connectivity index (χ0n) is 12.1. The Morgan fingerprint density at radius 3 is 2.70 bits per heavy atom. The van der Waals surface area contributed by atoms with Crippen molar-refractivity contribution >= 4 is 10.9 Å². The van der Waals surface area contributed by atoms with Crippen LogP contribution in [0.1, 0.15) is 44.1 Å². The number of nitrogens with one attached hydrogen (secondary N) is 1. The lowest BCUT2D eigenvalue weighted by Gasteiger charge is -2.12. The van der Waals surface area contributed by atoms with Crippen LogP contribution < -0.4 is 5.32 Å². The molecule has 2 aromatic rings. The van der Waals surface area contributed by atoms with Gasteiger partial charge in [0.05, 0.1) is 0 Å². The minimum atomic E-state index is 0.790. The Morgan fingerprint density at radius 2 is 1.90 bits per heavy atom. The zero-order chi connectivity index (χ0) is 13.4. The molecule has 106 valence electrons. The molecule has 0 unspecified atom stereocenters. The molecule has 1 heterocycles. The highest BCUT2D eigenvalue weighted by Gasteiger charge is 2.20. The van der Waals surface area contributed by atoms with Gasteiger partial charge in [-0.15, -0.1) is 0 Å². The molecular formula is C18H24N2. The van der Waals surface area contributed by atoms with Crippen molar-refractivity contribution in [1.82, 2.24) is 9.88 Å². The van der Waals surface area contributed by atoms with Crippen molar-refractivity contribution in [3.8, 4) is 0 Å². The summed E-state index contributed by atoms with van der Waals surface area (Å²) in [7, 11) is 0. The van der Waals surface area contributed by atoms with Gasteiger partial charge in [0.15, 0.2) is 0 Å². The van der Waals surface area contributed by atoms with E-state index < -0.39 is 0 Å².